The van der Waals surface area contributed by atoms with E-state index in [2.05, 4.69) is 20.9 Å². The number of hydrogen-bond acceptors (Lipinski definition) is 10. The second-order valence-electron chi connectivity index (χ2n) is 11.0. The van der Waals surface area contributed by atoms with Gasteiger partial charge in [0.15, 0.2) is 5.96 Å². The zero-order chi connectivity index (χ0) is 33.2. The Hall–Kier alpha value is -3.54. The molecule has 0 aromatic rings. The predicted octanol–water partition coefficient (Wildman–Crippen LogP) is -3.46. The Morgan fingerprint density at radius 2 is 1.50 bits per heavy atom. The van der Waals surface area contributed by atoms with Gasteiger partial charge in [-0.3, -0.25) is 24.2 Å². The first-order chi connectivity index (χ1) is 20.8. The standard InChI is InChI=1S/C27H52N10O7/c1-16(38)21(36-22(39)17(30)8-2-4-12-28)24(41)34-18(9-3-5-13-29)25(42)37-15-7-11-20(37)23(40)35-19(26(43)44)10-6-14-33-27(31)32/h16-21,38H,2-15,28-30H2,1H3,(H,34,41)(H,35,40)(H,36,39)(H,43,44)(H4,31,32,33)/t16-,17+,18+,19+,20+,21+/m1/s1. The van der Waals surface area contributed by atoms with Gasteiger partial charge in [0.25, 0.3) is 0 Å². The van der Waals surface area contributed by atoms with Gasteiger partial charge in [0.2, 0.25) is 23.6 Å². The summed E-state index contributed by atoms with van der Waals surface area (Å²) in [7, 11) is 0. The summed E-state index contributed by atoms with van der Waals surface area (Å²) in [5, 5.41) is 27.5. The fourth-order valence-electron chi connectivity index (χ4n) is 4.85. The van der Waals surface area contributed by atoms with Crippen LogP contribution in [0.15, 0.2) is 4.99 Å². The van der Waals surface area contributed by atoms with E-state index in [-0.39, 0.29) is 31.9 Å². The Bertz CT molecular complexity index is 977. The lowest BCUT2D eigenvalue weighted by Crippen LogP contribution is -2.60. The van der Waals surface area contributed by atoms with Crippen LogP contribution in [0.4, 0.5) is 0 Å². The van der Waals surface area contributed by atoms with Gasteiger partial charge in [-0.2, -0.15) is 0 Å². The molecule has 0 aromatic heterocycles. The SMILES string of the molecule is C[C@@H](O)[C@H](NC(=O)[C@@H](N)CCCCN)C(=O)N[C@@H](CCCCN)C(=O)N1CCC[C@H]1C(=O)N[C@@H](CCCN=C(N)N)C(=O)O. The van der Waals surface area contributed by atoms with Crippen LogP contribution in [0.5, 0.6) is 0 Å². The lowest BCUT2D eigenvalue weighted by Gasteiger charge is -2.31. The quantitative estimate of drug-likeness (QED) is 0.0337. The molecule has 1 heterocycles. The van der Waals surface area contributed by atoms with Crippen molar-refractivity contribution in [1.82, 2.24) is 20.9 Å². The summed E-state index contributed by atoms with van der Waals surface area (Å²) < 4.78 is 0. The number of aliphatic imine (C=N–C) groups is 1. The number of carboxylic acids is 1. The molecule has 6 atom stereocenters. The Labute approximate surface area is 258 Å². The monoisotopic (exact) mass is 628 g/mol. The van der Waals surface area contributed by atoms with Crippen LogP contribution in [0, 0.1) is 0 Å². The topological polar surface area (TPSA) is 308 Å². The van der Waals surface area contributed by atoms with E-state index < -0.39 is 65.9 Å². The van der Waals surface area contributed by atoms with Gasteiger partial charge in [0.05, 0.1) is 12.1 Å². The minimum absolute atomic E-state index is 0.0689. The van der Waals surface area contributed by atoms with Gasteiger partial charge in [0, 0.05) is 13.1 Å². The van der Waals surface area contributed by atoms with Crippen LogP contribution >= 0.6 is 0 Å². The third-order valence-corrected chi connectivity index (χ3v) is 7.33. The maximum Gasteiger partial charge on any atom is 0.326 e. The highest BCUT2D eigenvalue weighted by Crippen LogP contribution is 2.20. The van der Waals surface area contributed by atoms with Gasteiger partial charge >= 0.3 is 5.97 Å². The van der Waals surface area contributed by atoms with Crippen molar-refractivity contribution in [3.05, 3.63) is 0 Å². The van der Waals surface area contributed by atoms with Gasteiger partial charge in [-0.1, -0.05) is 6.42 Å². The van der Waals surface area contributed by atoms with E-state index in [1.54, 1.807) is 0 Å². The summed E-state index contributed by atoms with van der Waals surface area (Å²) in [6, 6.07) is -5.56. The van der Waals surface area contributed by atoms with Crippen LogP contribution in [0.25, 0.3) is 0 Å². The molecule has 15 N–H and O–H groups in total. The first kappa shape index (κ1) is 38.5. The number of aliphatic hydroxyl groups excluding tert-OH is 1. The number of nitrogens with one attached hydrogen (secondary N) is 3. The Kier molecular flexibility index (Phi) is 17.9. The fourth-order valence-corrected chi connectivity index (χ4v) is 4.85. The average Bonchev–Trinajstić information content (AvgIpc) is 3.46. The molecule has 4 amide bonds. The lowest BCUT2D eigenvalue weighted by molar-refractivity contribution is -0.145. The van der Waals surface area contributed by atoms with E-state index in [4.69, 9.17) is 28.7 Å². The van der Waals surface area contributed by atoms with E-state index in [9.17, 15) is 34.2 Å². The maximum atomic E-state index is 13.7. The minimum Gasteiger partial charge on any atom is -0.480 e. The van der Waals surface area contributed by atoms with Crippen LogP contribution in [0.1, 0.15) is 71.1 Å². The molecule has 0 bridgehead atoms. The third kappa shape index (κ3) is 13.4. The van der Waals surface area contributed by atoms with E-state index in [0.29, 0.717) is 64.5 Å². The molecule has 0 unspecified atom stereocenters. The Morgan fingerprint density at radius 1 is 0.886 bits per heavy atom. The highest BCUT2D eigenvalue weighted by Gasteiger charge is 2.39. The molecule has 17 nitrogen and oxygen atoms in total. The number of likely N-dealkylation sites (tertiary alicyclic amines) is 1. The molecule has 252 valence electrons. The zero-order valence-corrected chi connectivity index (χ0v) is 25.6. The Balaban J connectivity index is 3.01. The third-order valence-electron chi connectivity index (χ3n) is 7.33. The molecule has 0 aromatic carbocycles. The van der Waals surface area contributed by atoms with E-state index >= 15 is 0 Å². The van der Waals surface area contributed by atoms with Gasteiger partial charge in [-0.15, -0.1) is 0 Å². The number of amides is 4. The summed E-state index contributed by atoms with van der Waals surface area (Å²) in [6.45, 7) is 2.54. The Morgan fingerprint density at radius 3 is 2.07 bits per heavy atom. The predicted molar refractivity (Wildman–Crippen MR) is 164 cm³/mol. The summed E-state index contributed by atoms with van der Waals surface area (Å²) >= 11 is 0. The lowest BCUT2D eigenvalue weighted by atomic mass is 10.0. The normalized spacial score (nSPS) is 17.9. The smallest absolute Gasteiger partial charge is 0.326 e. The molecule has 17 heteroatoms. The van der Waals surface area contributed by atoms with Crippen molar-refractivity contribution < 1.29 is 34.2 Å². The first-order valence-electron chi connectivity index (χ1n) is 15.2. The molecule has 1 aliphatic rings. The summed E-state index contributed by atoms with van der Waals surface area (Å²) in [4.78, 5) is 69.7. The molecule has 0 radical (unpaired) electrons. The molecule has 0 saturated carbocycles. The summed E-state index contributed by atoms with van der Waals surface area (Å²) in [6.07, 6.45) is 2.73. The molecular weight excluding hydrogens is 576 g/mol. The number of nitrogens with two attached hydrogens (primary N) is 5. The molecule has 0 spiro atoms. The average molecular weight is 629 g/mol. The molecule has 0 aliphatic carbocycles. The number of aliphatic hydroxyl groups is 1. The van der Waals surface area contributed by atoms with Gasteiger partial charge in [-0.05, 0) is 77.8 Å². The first-order valence-corrected chi connectivity index (χ1v) is 15.2. The van der Waals surface area contributed by atoms with Gasteiger partial charge in [-0.25, -0.2) is 4.79 Å². The van der Waals surface area contributed by atoms with Gasteiger partial charge in [0.1, 0.15) is 24.2 Å². The maximum absolute atomic E-state index is 13.7. The number of hydrogen-bond donors (Lipinski definition) is 10. The van der Waals surface area contributed by atoms with Crippen LogP contribution < -0.4 is 44.6 Å². The van der Waals surface area contributed by atoms with Crippen LogP contribution in [-0.2, 0) is 24.0 Å². The van der Waals surface area contributed by atoms with Gasteiger partial charge < -0.3 is 59.7 Å². The van der Waals surface area contributed by atoms with Crippen molar-refractivity contribution in [1.29, 1.82) is 0 Å². The second-order valence-corrected chi connectivity index (χ2v) is 11.0. The number of carbonyl (C=O) groups is 5. The number of guanidine groups is 1. The molecule has 1 saturated heterocycles. The van der Waals surface area contributed by atoms with Crippen molar-refractivity contribution >= 4 is 35.6 Å². The largest absolute Gasteiger partial charge is 0.480 e. The van der Waals surface area contributed by atoms with Crippen LogP contribution in [-0.4, -0.2) is 113 Å². The van der Waals surface area contributed by atoms with Crippen molar-refractivity contribution in [3.63, 3.8) is 0 Å². The number of carboxylic acid groups (broad SMARTS) is 1. The number of aliphatic carboxylic acids is 1. The number of carbonyl (C=O) groups excluding carboxylic acids is 4. The van der Waals surface area contributed by atoms with E-state index in [1.165, 1.54) is 11.8 Å². The van der Waals surface area contributed by atoms with E-state index in [1.807, 2.05) is 0 Å². The van der Waals surface area contributed by atoms with Crippen molar-refractivity contribution in [2.75, 3.05) is 26.2 Å². The van der Waals surface area contributed by atoms with Crippen molar-refractivity contribution in [2.45, 2.75) is 107 Å². The molecule has 1 aliphatic heterocycles. The van der Waals surface area contributed by atoms with Crippen molar-refractivity contribution in [2.24, 2.45) is 33.7 Å². The molecule has 44 heavy (non-hydrogen) atoms. The summed E-state index contributed by atoms with van der Waals surface area (Å²) in [5.41, 5.74) is 27.6. The van der Waals surface area contributed by atoms with Crippen LogP contribution in [0.3, 0.4) is 0 Å². The highest BCUT2D eigenvalue weighted by molar-refractivity contribution is 5.96. The second kappa shape index (κ2) is 20.4. The molecular formula is C27H52N10O7. The number of unbranched alkanes of at least 4 members (excludes halogenated alkanes) is 2. The molecule has 1 rings (SSSR count). The highest BCUT2D eigenvalue weighted by atomic mass is 16.4. The van der Waals surface area contributed by atoms with E-state index in [0.717, 1.165) is 0 Å². The molecule has 1 fully saturated rings. The zero-order valence-electron chi connectivity index (χ0n) is 25.6. The van der Waals surface area contributed by atoms with Crippen LogP contribution in [0.2, 0.25) is 0 Å². The summed E-state index contributed by atoms with van der Waals surface area (Å²) in [5.74, 6) is -3.96. The number of nitrogens with zero attached hydrogens (tertiary/aromatic N) is 2. The van der Waals surface area contributed by atoms with Crippen molar-refractivity contribution in [3.8, 4) is 0 Å². The fraction of sp³-hybridized carbons (Fsp3) is 0.778. The minimum atomic E-state index is -1.39. The number of rotatable bonds is 21.